The van der Waals surface area contributed by atoms with Gasteiger partial charge in [-0.05, 0) is 78.2 Å². The molecule has 9 heteroatoms. The summed E-state index contributed by atoms with van der Waals surface area (Å²) in [4.78, 5) is 32.9. The fourth-order valence-electron chi connectivity index (χ4n) is 5.09. The summed E-state index contributed by atoms with van der Waals surface area (Å²) in [6, 6.07) is 32.7. The van der Waals surface area contributed by atoms with Gasteiger partial charge in [0.1, 0.15) is 18.1 Å². The molecule has 1 aromatic heterocycles. The number of methoxy groups -OCH3 is 1. The van der Waals surface area contributed by atoms with Crippen molar-refractivity contribution >= 4 is 29.0 Å². The summed E-state index contributed by atoms with van der Waals surface area (Å²) >= 11 is 1.28. The van der Waals surface area contributed by atoms with E-state index in [-0.39, 0.29) is 11.5 Å². The second kappa shape index (κ2) is 12.9. The summed E-state index contributed by atoms with van der Waals surface area (Å²) in [5, 5.41) is 11.9. The van der Waals surface area contributed by atoms with Gasteiger partial charge >= 0.3 is 0 Å². The van der Waals surface area contributed by atoms with Crippen LogP contribution >= 0.6 is 11.3 Å². The van der Waals surface area contributed by atoms with Crippen LogP contribution in [0.25, 0.3) is 6.08 Å². The predicted molar refractivity (Wildman–Crippen MR) is 174 cm³/mol. The summed E-state index contributed by atoms with van der Waals surface area (Å²) in [5.74, 6) is 1.03. The smallest absolute Gasteiger partial charge is 0.271 e. The molecule has 8 nitrogen and oxygen atoms in total. The van der Waals surface area contributed by atoms with Crippen LogP contribution in [-0.4, -0.2) is 17.6 Å². The Bertz CT molecular complexity index is 2110. The number of fused-ring (bicyclic) bond motifs is 1. The highest BCUT2D eigenvalue weighted by Crippen LogP contribution is 2.31. The molecule has 5 aromatic rings. The molecule has 0 aliphatic carbocycles. The minimum absolute atomic E-state index is 0.238. The van der Waals surface area contributed by atoms with Crippen molar-refractivity contribution in [2.75, 3.05) is 12.4 Å². The number of carbonyl (C=O) groups excluding carboxylic acids is 1. The molecule has 0 radical (unpaired) electrons. The van der Waals surface area contributed by atoms with E-state index in [1.54, 1.807) is 30.7 Å². The Morgan fingerprint density at radius 2 is 1.67 bits per heavy atom. The Morgan fingerprint density at radius 1 is 0.978 bits per heavy atom. The van der Waals surface area contributed by atoms with Gasteiger partial charge < -0.3 is 14.8 Å². The van der Waals surface area contributed by atoms with Crippen LogP contribution < -0.4 is 29.7 Å². The standard InChI is InChI=1S/C36H28N4O4S/c1-23-32(34(41)39-28-6-4-3-5-7-28)33(27-14-18-29(43-2)19-15-27)40-35(42)31(45-36(40)38-23)20-24-12-16-30(17-13-24)44-22-26-10-8-25(21-37)9-11-26/h3-20,33H,22H2,1-2H3,(H,39,41)/b31-20+/t33-/m1/s1. The summed E-state index contributed by atoms with van der Waals surface area (Å²) in [6.07, 6.45) is 1.82. The molecule has 1 aliphatic heterocycles. The molecule has 6 rings (SSSR count). The van der Waals surface area contributed by atoms with Crippen LogP contribution in [0, 0.1) is 11.3 Å². The second-order valence-corrected chi connectivity index (χ2v) is 11.4. The van der Waals surface area contributed by atoms with E-state index in [1.165, 1.54) is 11.3 Å². The molecule has 222 valence electrons. The highest BCUT2D eigenvalue weighted by molar-refractivity contribution is 7.07. The first-order chi connectivity index (χ1) is 21.9. The Hall–Kier alpha value is -5.72. The van der Waals surface area contributed by atoms with E-state index in [4.69, 9.17) is 19.7 Å². The summed E-state index contributed by atoms with van der Waals surface area (Å²) in [5.41, 5.74) is 4.50. The third kappa shape index (κ3) is 6.32. The SMILES string of the molecule is COc1ccc([C@@H]2C(C(=O)Nc3ccccc3)=C(C)N=c3s/c(=C/c4ccc(OCc5ccc(C#N)cc5)cc4)c(=O)n32)cc1. The van der Waals surface area contributed by atoms with E-state index in [2.05, 4.69) is 11.4 Å². The fourth-order valence-corrected chi connectivity index (χ4v) is 6.13. The average molecular weight is 613 g/mol. The lowest BCUT2D eigenvalue weighted by molar-refractivity contribution is -0.113. The zero-order valence-electron chi connectivity index (χ0n) is 24.6. The number of nitrogens with one attached hydrogen (secondary N) is 1. The van der Waals surface area contributed by atoms with E-state index in [0.717, 1.165) is 16.7 Å². The molecule has 0 saturated carbocycles. The molecular formula is C36H28N4O4S. The normalized spacial score (nSPS) is 14.2. The maximum atomic E-state index is 14.0. The summed E-state index contributed by atoms with van der Waals surface area (Å²) < 4.78 is 13.3. The number of nitrogens with zero attached hydrogens (tertiary/aromatic N) is 3. The van der Waals surface area contributed by atoms with Crippen molar-refractivity contribution in [3.05, 3.63) is 156 Å². The van der Waals surface area contributed by atoms with Gasteiger partial charge in [-0.1, -0.05) is 65.9 Å². The van der Waals surface area contributed by atoms with E-state index in [0.29, 0.717) is 50.0 Å². The minimum Gasteiger partial charge on any atom is -0.497 e. The third-order valence-corrected chi connectivity index (χ3v) is 8.38. The molecule has 1 N–H and O–H groups in total. The van der Waals surface area contributed by atoms with Gasteiger partial charge in [0, 0.05) is 5.69 Å². The Labute approximate surface area is 263 Å². The molecule has 1 atom stereocenters. The number of hydrogen-bond acceptors (Lipinski definition) is 7. The first-order valence-corrected chi connectivity index (χ1v) is 15.0. The molecular weight excluding hydrogens is 584 g/mol. The number of aromatic nitrogens is 1. The number of para-hydroxylation sites is 1. The van der Waals surface area contributed by atoms with Gasteiger partial charge in [0.15, 0.2) is 4.80 Å². The number of amides is 1. The number of thiazole rings is 1. The zero-order valence-corrected chi connectivity index (χ0v) is 25.4. The van der Waals surface area contributed by atoms with Crippen molar-refractivity contribution in [3.8, 4) is 17.6 Å². The average Bonchev–Trinajstić information content (AvgIpc) is 3.38. The highest BCUT2D eigenvalue weighted by Gasteiger charge is 2.32. The van der Waals surface area contributed by atoms with Crippen LogP contribution in [0.2, 0.25) is 0 Å². The molecule has 0 bridgehead atoms. The van der Waals surface area contributed by atoms with Gasteiger partial charge in [-0.25, -0.2) is 4.99 Å². The van der Waals surface area contributed by atoms with Gasteiger partial charge in [0.2, 0.25) is 0 Å². The van der Waals surface area contributed by atoms with Gasteiger partial charge in [0.25, 0.3) is 11.5 Å². The van der Waals surface area contributed by atoms with Crippen LogP contribution in [0.15, 0.2) is 124 Å². The molecule has 4 aromatic carbocycles. The van der Waals surface area contributed by atoms with Crippen LogP contribution in [-0.2, 0) is 11.4 Å². The van der Waals surface area contributed by atoms with E-state index < -0.39 is 6.04 Å². The van der Waals surface area contributed by atoms with Gasteiger partial charge in [-0.3, -0.25) is 14.2 Å². The Balaban J connectivity index is 1.32. The van der Waals surface area contributed by atoms with Crippen molar-refractivity contribution in [3.63, 3.8) is 0 Å². The first-order valence-electron chi connectivity index (χ1n) is 14.2. The molecule has 45 heavy (non-hydrogen) atoms. The fraction of sp³-hybridized carbons (Fsp3) is 0.111. The van der Waals surface area contributed by atoms with Crippen molar-refractivity contribution < 1.29 is 14.3 Å². The highest BCUT2D eigenvalue weighted by atomic mass is 32.1. The largest absolute Gasteiger partial charge is 0.497 e. The number of nitriles is 1. The van der Waals surface area contributed by atoms with Crippen molar-refractivity contribution in [2.24, 2.45) is 4.99 Å². The Kier molecular flexibility index (Phi) is 8.40. The third-order valence-electron chi connectivity index (χ3n) is 7.40. The van der Waals surface area contributed by atoms with Crippen molar-refractivity contribution in [1.82, 2.24) is 4.57 Å². The maximum Gasteiger partial charge on any atom is 0.271 e. The molecule has 0 spiro atoms. The number of allylic oxidation sites excluding steroid dienone is 1. The lowest BCUT2D eigenvalue weighted by Crippen LogP contribution is -2.40. The van der Waals surface area contributed by atoms with Crippen LogP contribution in [0.5, 0.6) is 11.5 Å². The quantitative estimate of drug-likeness (QED) is 0.255. The van der Waals surface area contributed by atoms with Crippen molar-refractivity contribution in [2.45, 2.75) is 19.6 Å². The van der Waals surface area contributed by atoms with Crippen LogP contribution in [0.3, 0.4) is 0 Å². The number of rotatable bonds is 8. The van der Waals surface area contributed by atoms with Crippen LogP contribution in [0.1, 0.15) is 35.2 Å². The number of anilines is 1. The summed E-state index contributed by atoms with van der Waals surface area (Å²) in [7, 11) is 1.59. The second-order valence-electron chi connectivity index (χ2n) is 10.3. The van der Waals surface area contributed by atoms with Crippen molar-refractivity contribution in [1.29, 1.82) is 5.26 Å². The molecule has 1 aliphatic rings. The molecule has 0 unspecified atom stereocenters. The Morgan fingerprint density at radius 3 is 2.33 bits per heavy atom. The maximum absolute atomic E-state index is 14.0. The lowest BCUT2D eigenvalue weighted by atomic mass is 9.95. The lowest BCUT2D eigenvalue weighted by Gasteiger charge is -2.25. The molecule has 1 amide bonds. The van der Waals surface area contributed by atoms with Gasteiger partial charge in [0.05, 0.1) is 40.6 Å². The molecule has 0 saturated heterocycles. The zero-order chi connectivity index (χ0) is 31.3. The molecule has 0 fully saturated rings. The summed E-state index contributed by atoms with van der Waals surface area (Å²) in [6.45, 7) is 2.17. The number of benzene rings is 4. The number of hydrogen-bond donors (Lipinski definition) is 1. The monoisotopic (exact) mass is 612 g/mol. The number of ether oxygens (including phenoxy) is 2. The van der Waals surface area contributed by atoms with Crippen LogP contribution in [0.4, 0.5) is 5.69 Å². The van der Waals surface area contributed by atoms with Gasteiger partial charge in [-0.15, -0.1) is 0 Å². The minimum atomic E-state index is -0.684. The molecule has 2 heterocycles. The van der Waals surface area contributed by atoms with Gasteiger partial charge in [-0.2, -0.15) is 5.26 Å². The van der Waals surface area contributed by atoms with E-state index >= 15 is 0 Å². The predicted octanol–water partition coefficient (Wildman–Crippen LogP) is 5.33. The van der Waals surface area contributed by atoms with E-state index in [1.807, 2.05) is 97.1 Å². The number of carbonyl (C=O) groups is 1. The van der Waals surface area contributed by atoms with E-state index in [9.17, 15) is 9.59 Å². The topological polar surface area (TPSA) is 106 Å². The first kappa shape index (κ1) is 29.4.